The summed E-state index contributed by atoms with van der Waals surface area (Å²) in [5.74, 6) is 0.641. The molecule has 6 nitrogen and oxygen atoms in total. The maximum atomic E-state index is 12.0. The predicted octanol–water partition coefficient (Wildman–Crippen LogP) is 1.69. The van der Waals surface area contributed by atoms with Gasteiger partial charge in [-0.2, -0.15) is 0 Å². The largest absolute Gasteiger partial charge is 0.496 e. The van der Waals surface area contributed by atoms with E-state index < -0.39 is 0 Å². The van der Waals surface area contributed by atoms with Crippen molar-refractivity contribution < 1.29 is 9.53 Å². The van der Waals surface area contributed by atoms with E-state index in [0.717, 1.165) is 11.3 Å². The average Bonchev–Trinajstić information content (AvgIpc) is 2.54. The summed E-state index contributed by atoms with van der Waals surface area (Å²) in [6.07, 6.45) is 1.42. The minimum absolute atomic E-state index is 0.0562. The Labute approximate surface area is 135 Å². The molecule has 23 heavy (non-hydrogen) atoms. The van der Waals surface area contributed by atoms with Gasteiger partial charge in [0, 0.05) is 18.2 Å². The van der Waals surface area contributed by atoms with Crippen LogP contribution in [0, 0.1) is 0 Å². The number of ether oxygens (including phenoxy) is 1. The third-order valence-electron chi connectivity index (χ3n) is 3.47. The first-order valence-corrected chi connectivity index (χ1v) is 7.46. The zero-order chi connectivity index (χ0) is 16.8. The van der Waals surface area contributed by atoms with Gasteiger partial charge in [-0.15, -0.1) is 0 Å². The van der Waals surface area contributed by atoms with Gasteiger partial charge in [0.2, 0.25) is 5.91 Å². The van der Waals surface area contributed by atoms with Gasteiger partial charge in [0.05, 0.1) is 19.1 Å². The molecule has 0 aliphatic carbocycles. The van der Waals surface area contributed by atoms with Crippen LogP contribution in [0.5, 0.6) is 5.75 Å². The Kier molecular flexibility index (Phi) is 5.51. The lowest BCUT2D eigenvalue weighted by Crippen LogP contribution is -2.32. The maximum absolute atomic E-state index is 12.0. The van der Waals surface area contributed by atoms with E-state index in [0.29, 0.717) is 12.3 Å². The normalized spacial score (nSPS) is 10.6. The Bertz CT molecular complexity index is 738. The van der Waals surface area contributed by atoms with Crippen LogP contribution in [0.15, 0.2) is 41.5 Å². The Morgan fingerprint density at radius 3 is 2.74 bits per heavy atom. The number of aromatic nitrogens is 2. The molecule has 1 aromatic heterocycles. The van der Waals surface area contributed by atoms with Gasteiger partial charge < -0.3 is 10.1 Å². The highest BCUT2D eigenvalue weighted by atomic mass is 16.5. The molecule has 0 saturated carbocycles. The van der Waals surface area contributed by atoms with Gasteiger partial charge in [0.15, 0.2) is 0 Å². The molecule has 0 saturated heterocycles. The van der Waals surface area contributed by atoms with Gasteiger partial charge >= 0.3 is 0 Å². The van der Waals surface area contributed by atoms with Crippen molar-refractivity contribution in [1.29, 1.82) is 0 Å². The van der Waals surface area contributed by atoms with Crippen molar-refractivity contribution in [1.82, 2.24) is 14.9 Å². The Morgan fingerprint density at radius 2 is 2.09 bits per heavy atom. The molecule has 0 bridgehead atoms. The minimum atomic E-state index is -0.253. The summed E-state index contributed by atoms with van der Waals surface area (Å²) in [6, 6.07) is 8.93. The first-order chi connectivity index (χ1) is 11.0. The molecule has 0 radical (unpaired) electrons. The molecule has 122 valence electrons. The fourth-order valence-electron chi connectivity index (χ4n) is 2.13. The fourth-order valence-corrected chi connectivity index (χ4v) is 2.13. The van der Waals surface area contributed by atoms with Crippen LogP contribution in [0.3, 0.4) is 0 Å². The van der Waals surface area contributed by atoms with Gasteiger partial charge in [0.25, 0.3) is 5.56 Å². The lowest BCUT2D eigenvalue weighted by molar-refractivity contribution is -0.121. The topological polar surface area (TPSA) is 73.2 Å². The van der Waals surface area contributed by atoms with E-state index in [1.807, 2.05) is 38.1 Å². The van der Waals surface area contributed by atoms with Crippen molar-refractivity contribution >= 4 is 5.91 Å². The summed E-state index contributed by atoms with van der Waals surface area (Å²) in [5.41, 5.74) is 1.38. The summed E-state index contributed by atoms with van der Waals surface area (Å²) < 4.78 is 6.53. The smallest absolute Gasteiger partial charge is 0.254 e. The quantitative estimate of drug-likeness (QED) is 0.880. The molecule has 1 heterocycles. The number of hydrogen-bond acceptors (Lipinski definition) is 4. The van der Waals surface area contributed by atoms with E-state index in [1.165, 1.54) is 17.0 Å². The number of amides is 1. The number of hydrogen-bond donors (Lipinski definition) is 1. The standard InChI is InChI=1S/C17H21N3O3/c1-12(2)14-8-17(22)20(11-19-14)10-16(21)18-9-13-6-4-5-7-15(13)23-3/h4-8,11-12H,9-10H2,1-3H3,(H,18,21). The number of carbonyl (C=O) groups is 1. The van der Waals surface area contributed by atoms with E-state index in [-0.39, 0.29) is 23.9 Å². The van der Waals surface area contributed by atoms with E-state index in [4.69, 9.17) is 4.74 Å². The summed E-state index contributed by atoms with van der Waals surface area (Å²) in [4.78, 5) is 28.2. The molecule has 0 atom stereocenters. The number of carbonyl (C=O) groups excluding carboxylic acids is 1. The van der Waals surface area contributed by atoms with Crippen molar-refractivity contribution in [2.24, 2.45) is 0 Å². The van der Waals surface area contributed by atoms with Crippen molar-refractivity contribution in [2.45, 2.75) is 32.9 Å². The summed E-state index contributed by atoms with van der Waals surface area (Å²) in [5, 5.41) is 2.78. The van der Waals surface area contributed by atoms with Gasteiger partial charge in [-0.1, -0.05) is 32.0 Å². The lowest BCUT2D eigenvalue weighted by Gasteiger charge is -2.11. The van der Waals surface area contributed by atoms with E-state index >= 15 is 0 Å². The van der Waals surface area contributed by atoms with Crippen LogP contribution in [-0.4, -0.2) is 22.6 Å². The molecule has 0 aliphatic rings. The van der Waals surface area contributed by atoms with Gasteiger partial charge in [0.1, 0.15) is 12.3 Å². The van der Waals surface area contributed by atoms with Gasteiger partial charge in [-0.25, -0.2) is 4.98 Å². The van der Waals surface area contributed by atoms with Crippen molar-refractivity contribution in [2.75, 3.05) is 7.11 Å². The second-order valence-corrected chi connectivity index (χ2v) is 5.52. The summed E-state index contributed by atoms with van der Waals surface area (Å²) in [6.45, 7) is 4.21. The summed E-state index contributed by atoms with van der Waals surface area (Å²) >= 11 is 0. The number of para-hydroxylation sites is 1. The third-order valence-corrected chi connectivity index (χ3v) is 3.47. The van der Waals surface area contributed by atoms with Crippen molar-refractivity contribution in [3.8, 4) is 5.75 Å². The highest BCUT2D eigenvalue weighted by Crippen LogP contribution is 2.16. The third kappa shape index (κ3) is 4.42. The van der Waals surface area contributed by atoms with Crippen LogP contribution in [0.1, 0.15) is 31.0 Å². The Hall–Kier alpha value is -2.63. The first-order valence-electron chi connectivity index (χ1n) is 7.46. The molecular weight excluding hydrogens is 294 g/mol. The first kappa shape index (κ1) is 16.7. The van der Waals surface area contributed by atoms with Crippen molar-refractivity contribution in [3.63, 3.8) is 0 Å². The number of benzene rings is 1. The van der Waals surface area contributed by atoms with Crippen LogP contribution in [0.4, 0.5) is 0 Å². The number of rotatable bonds is 6. The molecule has 2 rings (SSSR count). The molecule has 0 aliphatic heterocycles. The number of methoxy groups -OCH3 is 1. The van der Waals surface area contributed by atoms with Crippen LogP contribution in [0.2, 0.25) is 0 Å². The Balaban J connectivity index is 1.99. The fraction of sp³-hybridized carbons (Fsp3) is 0.353. The molecule has 0 unspecified atom stereocenters. The van der Waals surface area contributed by atoms with E-state index in [1.54, 1.807) is 7.11 Å². The molecule has 2 aromatic rings. The lowest BCUT2D eigenvalue weighted by atomic mass is 10.1. The minimum Gasteiger partial charge on any atom is -0.496 e. The molecule has 1 aromatic carbocycles. The molecule has 1 N–H and O–H groups in total. The van der Waals surface area contributed by atoms with Gasteiger partial charge in [-0.05, 0) is 12.0 Å². The molecule has 1 amide bonds. The van der Waals surface area contributed by atoms with Crippen LogP contribution >= 0.6 is 0 Å². The highest BCUT2D eigenvalue weighted by Gasteiger charge is 2.09. The zero-order valence-corrected chi connectivity index (χ0v) is 13.6. The molecule has 6 heteroatoms. The SMILES string of the molecule is COc1ccccc1CNC(=O)Cn1cnc(C(C)C)cc1=O. The van der Waals surface area contributed by atoms with E-state index in [9.17, 15) is 9.59 Å². The predicted molar refractivity (Wildman–Crippen MR) is 87.4 cm³/mol. The summed E-state index contributed by atoms with van der Waals surface area (Å²) in [7, 11) is 1.59. The number of nitrogens with zero attached hydrogens (tertiary/aromatic N) is 2. The Morgan fingerprint density at radius 1 is 1.35 bits per heavy atom. The average molecular weight is 315 g/mol. The highest BCUT2D eigenvalue weighted by molar-refractivity contribution is 5.75. The monoisotopic (exact) mass is 315 g/mol. The van der Waals surface area contributed by atoms with Crippen LogP contribution in [0.25, 0.3) is 0 Å². The molecular formula is C17H21N3O3. The van der Waals surface area contributed by atoms with Gasteiger partial charge in [-0.3, -0.25) is 14.2 Å². The number of nitrogens with one attached hydrogen (secondary N) is 1. The second-order valence-electron chi connectivity index (χ2n) is 5.52. The second kappa shape index (κ2) is 7.58. The van der Waals surface area contributed by atoms with Crippen LogP contribution < -0.4 is 15.6 Å². The zero-order valence-electron chi connectivity index (χ0n) is 13.6. The molecule has 0 fully saturated rings. The maximum Gasteiger partial charge on any atom is 0.254 e. The van der Waals surface area contributed by atoms with E-state index in [2.05, 4.69) is 10.3 Å². The molecule has 0 spiro atoms. The van der Waals surface area contributed by atoms with Crippen LogP contribution in [-0.2, 0) is 17.9 Å². The van der Waals surface area contributed by atoms with Crippen molar-refractivity contribution in [3.05, 3.63) is 58.3 Å².